The molecule has 7 aromatic carbocycles. The van der Waals surface area contributed by atoms with E-state index in [2.05, 4.69) is 175 Å². The van der Waals surface area contributed by atoms with Crippen molar-refractivity contribution in [1.29, 1.82) is 0 Å². The molecule has 9 rings (SSSR count). The lowest BCUT2D eigenvalue weighted by Gasteiger charge is -2.39. The zero-order valence-corrected chi connectivity index (χ0v) is 24.6. The standard InChI is InChI=1S/C42H28BNO/c1-2-15-29(16-3-1)30-17-5-10-24-37(30)44-38-25-11-9-23-36(38)43-35-22-8-4-18-31(35)32-19-6-12-27-40(32)45-41-28-13-7-20-33(41)34-21-14-26-39(44)42(34)43/h1-28H. The Morgan fingerprint density at radius 2 is 0.867 bits per heavy atom. The zero-order valence-electron chi connectivity index (χ0n) is 24.6. The lowest BCUT2D eigenvalue weighted by molar-refractivity contribution is 0.486. The van der Waals surface area contributed by atoms with E-state index in [1.54, 1.807) is 0 Å². The summed E-state index contributed by atoms with van der Waals surface area (Å²) < 4.78 is 6.80. The van der Waals surface area contributed by atoms with Crippen LogP contribution in [0, 0.1) is 0 Å². The summed E-state index contributed by atoms with van der Waals surface area (Å²) in [5, 5.41) is 0. The van der Waals surface area contributed by atoms with Crippen LogP contribution in [0.25, 0.3) is 33.4 Å². The van der Waals surface area contributed by atoms with Gasteiger partial charge in [-0.25, -0.2) is 0 Å². The second-order valence-corrected chi connectivity index (χ2v) is 11.6. The van der Waals surface area contributed by atoms with Crippen LogP contribution in [0.2, 0.25) is 0 Å². The zero-order chi connectivity index (χ0) is 29.7. The summed E-state index contributed by atoms with van der Waals surface area (Å²) >= 11 is 0. The molecule has 0 N–H and O–H groups in total. The van der Waals surface area contributed by atoms with Crippen molar-refractivity contribution in [3.05, 3.63) is 170 Å². The van der Waals surface area contributed by atoms with Gasteiger partial charge in [-0.2, -0.15) is 0 Å². The van der Waals surface area contributed by atoms with Crippen molar-refractivity contribution in [2.45, 2.75) is 0 Å². The minimum atomic E-state index is 0.00273. The fourth-order valence-electron chi connectivity index (χ4n) is 7.29. The minimum absolute atomic E-state index is 0.00273. The molecule has 0 aromatic heterocycles. The van der Waals surface area contributed by atoms with E-state index in [4.69, 9.17) is 4.74 Å². The Labute approximate surface area is 263 Å². The van der Waals surface area contributed by atoms with E-state index in [0.717, 1.165) is 28.3 Å². The van der Waals surface area contributed by atoms with E-state index >= 15 is 0 Å². The Morgan fingerprint density at radius 1 is 0.356 bits per heavy atom. The molecule has 210 valence electrons. The Morgan fingerprint density at radius 3 is 1.62 bits per heavy atom. The highest BCUT2D eigenvalue weighted by atomic mass is 16.5. The van der Waals surface area contributed by atoms with Gasteiger partial charge in [0.15, 0.2) is 0 Å². The SMILES string of the molecule is c1ccc(-c2ccccc2N2c3ccccc3B3c4ccccc4-c4ccccc4Oc4ccccc4-c4cccc2c43)cc1. The Bertz CT molecular complexity index is 2220. The van der Waals surface area contributed by atoms with Crippen molar-refractivity contribution < 1.29 is 4.74 Å². The molecule has 0 saturated carbocycles. The number of nitrogens with zero attached hydrogens (tertiary/aromatic N) is 1. The maximum Gasteiger partial charge on any atom is 0.248 e. The summed E-state index contributed by atoms with van der Waals surface area (Å²) in [6, 6.07) is 60.9. The normalized spacial score (nSPS) is 12.5. The number of benzene rings is 7. The molecule has 0 spiro atoms. The van der Waals surface area contributed by atoms with Crippen LogP contribution in [0.1, 0.15) is 0 Å². The maximum absolute atomic E-state index is 6.80. The summed E-state index contributed by atoms with van der Waals surface area (Å²) in [6.07, 6.45) is 0. The molecular weight excluding hydrogens is 545 g/mol. The summed E-state index contributed by atoms with van der Waals surface area (Å²) in [7, 11) is 0. The molecule has 3 heteroatoms. The highest BCUT2D eigenvalue weighted by Gasteiger charge is 2.39. The Hall–Kier alpha value is -5.80. The molecule has 45 heavy (non-hydrogen) atoms. The summed E-state index contributed by atoms with van der Waals surface area (Å²) in [6.45, 7) is 0.00273. The van der Waals surface area contributed by atoms with Crippen molar-refractivity contribution in [2.24, 2.45) is 0 Å². The molecule has 0 atom stereocenters. The van der Waals surface area contributed by atoms with Gasteiger partial charge in [-0.15, -0.1) is 0 Å². The molecule has 2 aliphatic heterocycles. The van der Waals surface area contributed by atoms with Crippen LogP contribution in [0.5, 0.6) is 11.5 Å². The third-order valence-corrected chi connectivity index (χ3v) is 9.18. The largest absolute Gasteiger partial charge is 0.456 e. The Balaban J connectivity index is 1.41. The van der Waals surface area contributed by atoms with Gasteiger partial charge in [-0.05, 0) is 57.9 Å². The van der Waals surface area contributed by atoms with Crippen LogP contribution >= 0.6 is 0 Å². The molecular formula is C42H28BNO. The molecule has 0 amide bonds. The van der Waals surface area contributed by atoms with Crippen molar-refractivity contribution in [3.63, 3.8) is 0 Å². The van der Waals surface area contributed by atoms with Crippen LogP contribution < -0.4 is 26.0 Å². The lowest BCUT2D eigenvalue weighted by atomic mass is 9.33. The number of para-hydroxylation sites is 4. The van der Waals surface area contributed by atoms with Gasteiger partial charge in [-0.3, -0.25) is 0 Å². The third kappa shape index (κ3) is 4.05. The first kappa shape index (κ1) is 25.7. The highest BCUT2D eigenvalue weighted by Crippen LogP contribution is 2.45. The van der Waals surface area contributed by atoms with E-state index < -0.39 is 0 Å². The Kier molecular flexibility index (Phi) is 5.95. The quantitative estimate of drug-likeness (QED) is 0.191. The van der Waals surface area contributed by atoms with Gasteiger partial charge in [0.2, 0.25) is 6.71 Å². The molecule has 2 heterocycles. The number of ether oxygens (including phenoxy) is 1. The van der Waals surface area contributed by atoms with Crippen LogP contribution in [-0.2, 0) is 0 Å². The van der Waals surface area contributed by atoms with Crippen LogP contribution in [-0.4, -0.2) is 6.71 Å². The predicted molar refractivity (Wildman–Crippen MR) is 189 cm³/mol. The number of hydrogen-bond donors (Lipinski definition) is 0. The van der Waals surface area contributed by atoms with E-state index in [0.29, 0.717) is 0 Å². The first-order valence-corrected chi connectivity index (χ1v) is 15.5. The van der Waals surface area contributed by atoms with Gasteiger partial charge in [0.05, 0.1) is 5.69 Å². The topological polar surface area (TPSA) is 12.5 Å². The van der Waals surface area contributed by atoms with Gasteiger partial charge in [-0.1, -0.05) is 145 Å². The van der Waals surface area contributed by atoms with Crippen LogP contribution in [0.15, 0.2) is 170 Å². The van der Waals surface area contributed by atoms with E-state index in [-0.39, 0.29) is 6.71 Å². The predicted octanol–water partition coefficient (Wildman–Crippen LogP) is 9.09. The monoisotopic (exact) mass is 573 g/mol. The van der Waals surface area contributed by atoms with Crippen molar-refractivity contribution in [1.82, 2.24) is 0 Å². The number of rotatable bonds is 2. The third-order valence-electron chi connectivity index (χ3n) is 9.18. The first-order valence-electron chi connectivity index (χ1n) is 15.5. The van der Waals surface area contributed by atoms with Crippen LogP contribution in [0.4, 0.5) is 17.1 Å². The van der Waals surface area contributed by atoms with Crippen molar-refractivity contribution >= 4 is 40.2 Å². The molecule has 0 fully saturated rings. The van der Waals surface area contributed by atoms with Gasteiger partial charge < -0.3 is 9.64 Å². The molecule has 7 aromatic rings. The summed E-state index contributed by atoms with van der Waals surface area (Å²) in [5.41, 5.74) is 14.3. The second kappa shape index (κ2) is 10.4. The van der Waals surface area contributed by atoms with Crippen molar-refractivity contribution in [2.75, 3.05) is 4.90 Å². The van der Waals surface area contributed by atoms with Crippen molar-refractivity contribution in [3.8, 4) is 44.9 Å². The lowest BCUT2D eigenvalue weighted by Crippen LogP contribution is -2.58. The van der Waals surface area contributed by atoms with Gasteiger partial charge in [0.1, 0.15) is 11.5 Å². The molecule has 0 radical (unpaired) electrons. The summed E-state index contributed by atoms with van der Waals surface area (Å²) in [4.78, 5) is 2.47. The van der Waals surface area contributed by atoms with E-state index in [9.17, 15) is 0 Å². The molecule has 0 unspecified atom stereocenters. The van der Waals surface area contributed by atoms with E-state index in [1.807, 2.05) is 0 Å². The number of fused-ring (bicyclic) bond motifs is 8. The fraction of sp³-hybridized carbons (Fsp3) is 0. The smallest absolute Gasteiger partial charge is 0.248 e. The number of hydrogen-bond acceptors (Lipinski definition) is 2. The second-order valence-electron chi connectivity index (χ2n) is 11.6. The molecule has 2 aliphatic rings. The van der Waals surface area contributed by atoms with Gasteiger partial charge in [0.25, 0.3) is 0 Å². The summed E-state index contributed by atoms with van der Waals surface area (Å²) in [5.74, 6) is 1.71. The molecule has 0 aliphatic carbocycles. The molecule has 0 saturated heterocycles. The molecule has 2 nitrogen and oxygen atoms in total. The average Bonchev–Trinajstić information content (AvgIpc) is 3.11. The van der Waals surface area contributed by atoms with Crippen LogP contribution in [0.3, 0.4) is 0 Å². The van der Waals surface area contributed by atoms with Gasteiger partial charge >= 0.3 is 0 Å². The first-order chi connectivity index (χ1) is 22.4. The fourth-order valence-corrected chi connectivity index (χ4v) is 7.29. The average molecular weight is 574 g/mol. The van der Waals surface area contributed by atoms with Gasteiger partial charge in [0, 0.05) is 28.1 Å². The molecule has 0 bridgehead atoms. The minimum Gasteiger partial charge on any atom is -0.456 e. The highest BCUT2D eigenvalue weighted by molar-refractivity contribution is 6.99. The maximum atomic E-state index is 6.80. The number of anilines is 3. The van der Waals surface area contributed by atoms with E-state index in [1.165, 1.54) is 50.0 Å².